The topological polar surface area (TPSA) is 32.9 Å². The van der Waals surface area contributed by atoms with E-state index in [1.807, 2.05) is 72.8 Å². The van der Waals surface area contributed by atoms with E-state index in [1.54, 1.807) is 18.2 Å². The Bertz CT molecular complexity index is 1540. The minimum Gasteiger partial charge on any atom is -0.322 e. The number of H-pyrrole nitrogens is 1. The molecule has 1 heterocycles. The Kier molecular flexibility index (Phi) is 6.54. The molecule has 5 aromatic rings. The Morgan fingerprint density at radius 1 is 0.714 bits per heavy atom. The van der Waals surface area contributed by atoms with Gasteiger partial charge in [0, 0.05) is 32.9 Å². The van der Waals surface area contributed by atoms with Crippen molar-refractivity contribution < 1.29 is 4.39 Å². The number of aromatic nitrogens is 1. The van der Waals surface area contributed by atoms with E-state index in [1.165, 1.54) is 12.1 Å². The summed E-state index contributed by atoms with van der Waals surface area (Å²) in [4.78, 5) is 15.2. The van der Waals surface area contributed by atoms with Gasteiger partial charge < -0.3 is 4.98 Å². The van der Waals surface area contributed by atoms with Gasteiger partial charge in [-0.2, -0.15) is 0 Å². The summed E-state index contributed by atoms with van der Waals surface area (Å²) in [5.41, 5.74) is 5.21. The van der Waals surface area contributed by atoms with Crippen molar-refractivity contribution in [1.29, 1.82) is 0 Å². The lowest BCUT2D eigenvalue weighted by Crippen LogP contribution is -2.07. The third-order valence-corrected chi connectivity index (χ3v) is 6.45. The standard InChI is InChI=1S/C30H20Cl2FNO/c31-24-11-6-20(7-12-24)30(21-8-13-25(32)14-9-21)23-10-15-28-27(17-23)22(18-29(35)34-28)5-4-19-2-1-3-26(33)16-19/h1-18,30H,(H,34,35)/b5-4+. The van der Waals surface area contributed by atoms with Gasteiger partial charge in [-0.15, -0.1) is 0 Å². The van der Waals surface area contributed by atoms with Crippen molar-refractivity contribution in [1.82, 2.24) is 4.98 Å². The van der Waals surface area contributed by atoms with Crippen LogP contribution in [0.1, 0.15) is 33.7 Å². The van der Waals surface area contributed by atoms with E-state index in [0.717, 1.165) is 38.7 Å². The molecule has 0 aliphatic rings. The number of pyridine rings is 1. The van der Waals surface area contributed by atoms with Crippen molar-refractivity contribution in [2.45, 2.75) is 5.92 Å². The van der Waals surface area contributed by atoms with Gasteiger partial charge in [0.25, 0.3) is 0 Å². The summed E-state index contributed by atoms with van der Waals surface area (Å²) >= 11 is 12.3. The molecule has 5 rings (SSSR count). The van der Waals surface area contributed by atoms with Gasteiger partial charge in [0.2, 0.25) is 5.56 Å². The second kappa shape index (κ2) is 9.91. The molecule has 0 atom stereocenters. The third kappa shape index (κ3) is 5.22. The molecule has 0 bridgehead atoms. The van der Waals surface area contributed by atoms with Gasteiger partial charge in [0.15, 0.2) is 0 Å². The lowest BCUT2D eigenvalue weighted by molar-refractivity contribution is 0.627. The average Bonchev–Trinajstić information content (AvgIpc) is 2.85. The van der Waals surface area contributed by atoms with Crippen LogP contribution in [-0.4, -0.2) is 4.98 Å². The largest absolute Gasteiger partial charge is 0.322 e. The first-order valence-electron chi connectivity index (χ1n) is 11.1. The van der Waals surface area contributed by atoms with Gasteiger partial charge in [-0.25, -0.2) is 4.39 Å². The second-order valence-electron chi connectivity index (χ2n) is 8.32. The molecule has 2 nitrogen and oxygen atoms in total. The fourth-order valence-corrected chi connectivity index (χ4v) is 4.55. The predicted octanol–water partition coefficient (Wildman–Crippen LogP) is 8.32. The number of rotatable bonds is 5. The van der Waals surface area contributed by atoms with Crippen LogP contribution in [0.2, 0.25) is 10.0 Å². The first kappa shape index (κ1) is 23.1. The van der Waals surface area contributed by atoms with Gasteiger partial charge in [-0.05, 0) is 76.3 Å². The molecule has 0 fully saturated rings. The number of hydrogen-bond acceptors (Lipinski definition) is 1. The molecule has 0 saturated heterocycles. The van der Waals surface area contributed by atoms with E-state index >= 15 is 0 Å². The second-order valence-corrected chi connectivity index (χ2v) is 9.19. The Morgan fingerprint density at radius 3 is 1.97 bits per heavy atom. The molecule has 35 heavy (non-hydrogen) atoms. The predicted molar refractivity (Wildman–Crippen MR) is 144 cm³/mol. The minimum atomic E-state index is -0.307. The zero-order valence-corrected chi connectivity index (χ0v) is 20.0. The summed E-state index contributed by atoms with van der Waals surface area (Å²) in [7, 11) is 0. The summed E-state index contributed by atoms with van der Waals surface area (Å²) in [6.45, 7) is 0. The Hall–Kier alpha value is -3.66. The third-order valence-electron chi connectivity index (χ3n) is 5.94. The number of hydrogen-bond donors (Lipinski definition) is 1. The Morgan fingerprint density at radius 2 is 1.34 bits per heavy atom. The van der Waals surface area contributed by atoms with Crippen molar-refractivity contribution in [2.24, 2.45) is 0 Å². The van der Waals surface area contributed by atoms with E-state index in [-0.39, 0.29) is 17.3 Å². The van der Waals surface area contributed by atoms with Crippen molar-refractivity contribution in [3.05, 3.63) is 151 Å². The molecular weight excluding hydrogens is 480 g/mol. The number of benzene rings is 4. The van der Waals surface area contributed by atoms with Crippen molar-refractivity contribution in [3.8, 4) is 0 Å². The molecule has 0 unspecified atom stereocenters. The van der Waals surface area contributed by atoms with E-state index in [0.29, 0.717) is 10.0 Å². The summed E-state index contributed by atoms with van der Waals surface area (Å²) < 4.78 is 13.6. The summed E-state index contributed by atoms with van der Waals surface area (Å²) in [5.74, 6) is -0.375. The Balaban J connectivity index is 1.66. The molecule has 0 radical (unpaired) electrons. The molecule has 1 aromatic heterocycles. The molecule has 0 saturated carbocycles. The van der Waals surface area contributed by atoms with E-state index in [9.17, 15) is 9.18 Å². The quantitative estimate of drug-likeness (QED) is 0.242. The van der Waals surface area contributed by atoms with Crippen molar-refractivity contribution >= 4 is 46.3 Å². The van der Waals surface area contributed by atoms with E-state index < -0.39 is 0 Å². The van der Waals surface area contributed by atoms with Crippen LogP contribution in [-0.2, 0) is 0 Å². The number of fused-ring (bicyclic) bond motifs is 1. The SMILES string of the molecule is O=c1cc(/C=C/c2cccc(F)c2)c2cc(C(c3ccc(Cl)cc3)c3ccc(Cl)cc3)ccc2[nH]1. The van der Waals surface area contributed by atoms with Crippen LogP contribution in [0.5, 0.6) is 0 Å². The summed E-state index contributed by atoms with van der Waals surface area (Å²) in [5, 5.41) is 2.23. The Labute approximate surface area is 212 Å². The van der Waals surface area contributed by atoms with Gasteiger partial charge >= 0.3 is 0 Å². The highest BCUT2D eigenvalue weighted by atomic mass is 35.5. The van der Waals surface area contributed by atoms with E-state index in [2.05, 4.69) is 11.1 Å². The maximum Gasteiger partial charge on any atom is 0.249 e. The molecule has 0 spiro atoms. The van der Waals surface area contributed by atoms with Gasteiger partial charge in [-0.3, -0.25) is 4.79 Å². The molecular formula is C30H20Cl2FNO. The highest BCUT2D eigenvalue weighted by Crippen LogP contribution is 2.35. The number of nitrogens with one attached hydrogen (secondary N) is 1. The van der Waals surface area contributed by atoms with Crippen molar-refractivity contribution in [3.63, 3.8) is 0 Å². The summed E-state index contributed by atoms with van der Waals surface area (Å²) in [6.07, 6.45) is 3.65. The number of halogens is 3. The van der Waals surface area contributed by atoms with Crippen LogP contribution in [0.3, 0.4) is 0 Å². The fraction of sp³-hybridized carbons (Fsp3) is 0.0333. The van der Waals surface area contributed by atoms with Crippen LogP contribution in [0.25, 0.3) is 23.1 Å². The molecule has 4 aromatic carbocycles. The van der Waals surface area contributed by atoms with Gasteiger partial charge in [0.05, 0.1) is 0 Å². The lowest BCUT2D eigenvalue weighted by Gasteiger charge is -2.20. The fourth-order valence-electron chi connectivity index (χ4n) is 4.30. The molecule has 0 aliphatic carbocycles. The van der Waals surface area contributed by atoms with Crippen molar-refractivity contribution in [2.75, 3.05) is 0 Å². The molecule has 0 amide bonds. The van der Waals surface area contributed by atoms with Gasteiger partial charge in [0.1, 0.15) is 5.82 Å². The number of aromatic amines is 1. The van der Waals surface area contributed by atoms with E-state index in [4.69, 9.17) is 23.2 Å². The van der Waals surface area contributed by atoms with Crippen LogP contribution < -0.4 is 5.56 Å². The van der Waals surface area contributed by atoms with Gasteiger partial charge in [-0.1, -0.05) is 77.8 Å². The smallest absolute Gasteiger partial charge is 0.249 e. The van der Waals surface area contributed by atoms with Crippen LogP contribution in [0, 0.1) is 5.82 Å². The maximum atomic E-state index is 13.6. The molecule has 172 valence electrons. The molecule has 1 N–H and O–H groups in total. The van der Waals surface area contributed by atoms with Crippen LogP contribution in [0.15, 0.2) is 102 Å². The monoisotopic (exact) mass is 499 g/mol. The lowest BCUT2D eigenvalue weighted by atomic mass is 9.84. The summed E-state index contributed by atoms with van der Waals surface area (Å²) in [6, 6.07) is 29.5. The van der Waals surface area contributed by atoms with Crippen LogP contribution in [0.4, 0.5) is 4.39 Å². The van der Waals surface area contributed by atoms with Crippen LogP contribution >= 0.6 is 23.2 Å². The molecule has 0 aliphatic heterocycles. The zero-order chi connectivity index (χ0) is 24.4. The molecule has 5 heteroatoms. The maximum absolute atomic E-state index is 13.6. The zero-order valence-electron chi connectivity index (χ0n) is 18.5. The highest BCUT2D eigenvalue weighted by molar-refractivity contribution is 6.30. The normalized spacial score (nSPS) is 11.5. The average molecular weight is 500 g/mol. The minimum absolute atomic E-state index is 0.0686. The first-order valence-corrected chi connectivity index (χ1v) is 11.8. The highest BCUT2D eigenvalue weighted by Gasteiger charge is 2.18. The first-order chi connectivity index (χ1) is 17.0.